The molecule has 0 saturated carbocycles. The van der Waals surface area contributed by atoms with Crippen molar-refractivity contribution in [3.8, 4) is 17.3 Å². The lowest BCUT2D eigenvalue weighted by Crippen LogP contribution is -2.20. The number of rotatable bonds is 2. The number of hydrogen-bond donors (Lipinski definition) is 2. The molecule has 2 N–H and O–H groups in total. The Morgan fingerprint density at radius 2 is 1.74 bits per heavy atom. The summed E-state index contributed by atoms with van der Waals surface area (Å²) >= 11 is 3.58. The van der Waals surface area contributed by atoms with Gasteiger partial charge in [0, 0.05) is 10.8 Å². The Labute approximate surface area is 140 Å². The molecule has 0 bridgehead atoms. The quantitative estimate of drug-likeness (QED) is 0.733. The van der Waals surface area contributed by atoms with Crippen LogP contribution in [0.1, 0.15) is 5.69 Å². The highest BCUT2D eigenvalue weighted by Crippen LogP contribution is 2.27. The summed E-state index contributed by atoms with van der Waals surface area (Å²) in [5, 5.41) is 12.1. The number of benzene rings is 2. The number of allylic oxidation sites excluding steroid dienone is 1. The highest BCUT2D eigenvalue weighted by Gasteiger charge is 2.13. The first kappa shape index (κ1) is 14.0. The summed E-state index contributed by atoms with van der Waals surface area (Å²) in [4.78, 5) is 11.9. The summed E-state index contributed by atoms with van der Waals surface area (Å²) in [6.07, 6.45) is 1.79. The Hall–Kier alpha value is -2.66. The Bertz CT molecular complexity index is 1040. The van der Waals surface area contributed by atoms with Crippen LogP contribution in [-0.4, -0.2) is 15.1 Å². The van der Waals surface area contributed by atoms with Crippen molar-refractivity contribution in [3.63, 3.8) is 0 Å². The van der Waals surface area contributed by atoms with E-state index in [0.29, 0.717) is 11.5 Å². The number of hydrogen-bond acceptors (Lipinski definition) is 3. The van der Waals surface area contributed by atoms with Gasteiger partial charge in [-0.15, -0.1) is 0 Å². The standard InChI is InChI=1S/C18H12BrN3O/c19-16-12-8-4-5-9-13(12)20-14(16)10-15-18(23)22-17(21-15)11-6-2-1-3-7-11/h1-10,23H,(H,21,22). The predicted molar refractivity (Wildman–Crippen MR) is 93.2 cm³/mol. The Morgan fingerprint density at radius 3 is 2.52 bits per heavy atom. The van der Waals surface area contributed by atoms with Crippen LogP contribution in [0.15, 0.2) is 65.3 Å². The molecule has 0 atom stereocenters. The molecule has 0 spiro atoms. The second-order valence-corrected chi connectivity index (χ2v) is 5.95. The van der Waals surface area contributed by atoms with E-state index in [2.05, 4.69) is 30.9 Å². The fourth-order valence-electron chi connectivity index (χ4n) is 2.52. The summed E-state index contributed by atoms with van der Waals surface area (Å²) in [6, 6.07) is 17.6. The van der Waals surface area contributed by atoms with E-state index in [9.17, 15) is 5.11 Å². The summed E-state index contributed by atoms with van der Waals surface area (Å²) in [5.74, 6) is 0.587. The van der Waals surface area contributed by atoms with Crippen molar-refractivity contribution in [1.82, 2.24) is 9.97 Å². The number of nitrogens with one attached hydrogen (secondary N) is 1. The average molecular weight is 366 g/mol. The van der Waals surface area contributed by atoms with E-state index in [1.807, 2.05) is 54.6 Å². The highest BCUT2D eigenvalue weighted by molar-refractivity contribution is 9.15. The topological polar surface area (TPSA) is 61.3 Å². The Kier molecular flexibility index (Phi) is 3.35. The number of para-hydroxylation sites is 1. The van der Waals surface area contributed by atoms with E-state index in [1.54, 1.807) is 6.08 Å². The van der Waals surface area contributed by atoms with Gasteiger partial charge in [-0.1, -0.05) is 48.5 Å². The van der Waals surface area contributed by atoms with E-state index in [1.165, 1.54) is 0 Å². The van der Waals surface area contributed by atoms with E-state index in [-0.39, 0.29) is 5.88 Å². The first-order valence-electron chi connectivity index (χ1n) is 7.12. The zero-order valence-electron chi connectivity index (χ0n) is 12.0. The van der Waals surface area contributed by atoms with Crippen LogP contribution in [-0.2, 0) is 0 Å². The first-order valence-corrected chi connectivity index (χ1v) is 7.92. The van der Waals surface area contributed by atoms with Crippen LogP contribution >= 0.6 is 15.9 Å². The fourth-order valence-corrected chi connectivity index (χ4v) is 3.06. The third-order valence-electron chi connectivity index (χ3n) is 3.65. The smallest absolute Gasteiger partial charge is 0.237 e. The highest BCUT2D eigenvalue weighted by atomic mass is 79.9. The molecule has 0 aliphatic carbocycles. The van der Waals surface area contributed by atoms with E-state index in [0.717, 1.165) is 26.3 Å². The Morgan fingerprint density at radius 1 is 1.00 bits per heavy atom. The van der Waals surface area contributed by atoms with Crippen LogP contribution < -0.4 is 10.6 Å². The lowest BCUT2D eigenvalue weighted by molar-refractivity contribution is 0.455. The first-order chi connectivity index (χ1) is 11.2. The molecule has 0 fully saturated rings. The van der Waals surface area contributed by atoms with Crippen molar-refractivity contribution in [2.24, 2.45) is 4.99 Å². The summed E-state index contributed by atoms with van der Waals surface area (Å²) in [5.41, 5.74) is 2.21. The molecule has 0 radical (unpaired) electrons. The number of H-pyrrole nitrogens is 1. The number of halogens is 1. The zero-order valence-corrected chi connectivity index (χ0v) is 13.6. The number of fused-ring (bicyclic) bond motifs is 1. The maximum Gasteiger partial charge on any atom is 0.237 e. The van der Waals surface area contributed by atoms with Gasteiger partial charge in [-0.25, -0.2) is 4.99 Å². The van der Waals surface area contributed by atoms with E-state index >= 15 is 0 Å². The van der Waals surface area contributed by atoms with Crippen molar-refractivity contribution in [3.05, 3.63) is 76.6 Å². The normalized spacial score (nSPS) is 14.8. The van der Waals surface area contributed by atoms with Crippen molar-refractivity contribution in [2.75, 3.05) is 0 Å². The van der Waals surface area contributed by atoms with Crippen molar-refractivity contribution in [2.45, 2.75) is 0 Å². The second kappa shape index (κ2) is 5.52. The van der Waals surface area contributed by atoms with Crippen molar-refractivity contribution < 1.29 is 5.11 Å². The molecule has 0 amide bonds. The molecular weight excluding hydrogens is 354 g/mol. The number of imidazole rings is 1. The molecule has 2 aromatic carbocycles. The van der Waals surface area contributed by atoms with Crippen molar-refractivity contribution in [1.29, 1.82) is 0 Å². The van der Waals surface area contributed by atoms with E-state index < -0.39 is 0 Å². The Balaban J connectivity index is 1.79. The van der Waals surface area contributed by atoms with Gasteiger partial charge in [0.25, 0.3) is 0 Å². The zero-order chi connectivity index (χ0) is 15.8. The minimum atomic E-state index is -0.0391. The monoisotopic (exact) mass is 365 g/mol. The second-order valence-electron chi connectivity index (χ2n) is 5.16. The van der Waals surface area contributed by atoms with Gasteiger partial charge in [-0.05, 0) is 28.1 Å². The molecule has 4 nitrogen and oxygen atoms in total. The molecule has 1 aliphatic heterocycles. The van der Waals surface area contributed by atoms with Gasteiger partial charge < -0.3 is 10.1 Å². The van der Waals surface area contributed by atoms with E-state index in [4.69, 9.17) is 0 Å². The molecule has 1 aliphatic rings. The van der Waals surface area contributed by atoms with Crippen LogP contribution in [0, 0.1) is 0 Å². The minimum Gasteiger partial charge on any atom is -0.492 e. The van der Waals surface area contributed by atoms with Gasteiger partial charge in [0.15, 0.2) is 0 Å². The summed E-state index contributed by atoms with van der Waals surface area (Å²) in [7, 11) is 0. The lowest BCUT2D eigenvalue weighted by Gasteiger charge is -1.95. The van der Waals surface area contributed by atoms with Crippen LogP contribution in [0.3, 0.4) is 0 Å². The third kappa shape index (κ3) is 2.49. The maximum absolute atomic E-state index is 10.1. The molecular formula is C18H12BrN3O. The molecule has 0 saturated heterocycles. The molecule has 4 rings (SSSR count). The van der Waals surface area contributed by atoms with Gasteiger partial charge in [0.1, 0.15) is 11.5 Å². The SMILES string of the molecule is Oc1nc(-c2ccccc2)[nH]c1C=C1N=c2ccccc2=C1Br. The number of aromatic amines is 1. The molecule has 112 valence electrons. The van der Waals surface area contributed by atoms with Gasteiger partial charge >= 0.3 is 0 Å². The lowest BCUT2D eigenvalue weighted by atomic mass is 10.2. The fraction of sp³-hybridized carbons (Fsp3) is 0. The number of aromatic nitrogens is 2. The van der Waals surface area contributed by atoms with Crippen LogP contribution in [0.4, 0.5) is 0 Å². The summed E-state index contributed by atoms with van der Waals surface area (Å²) in [6.45, 7) is 0. The number of aromatic hydroxyl groups is 1. The molecule has 23 heavy (non-hydrogen) atoms. The van der Waals surface area contributed by atoms with Crippen LogP contribution in [0.25, 0.3) is 21.9 Å². The largest absolute Gasteiger partial charge is 0.492 e. The molecule has 5 heteroatoms. The molecule has 2 heterocycles. The third-order valence-corrected chi connectivity index (χ3v) is 4.48. The molecule has 3 aromatic rings. The minimum absolute atomic E-state index is 0.0391. The van der Waals surface area contributed by atoms with Crippen LogP contribution in [0.5, 0.6) is 5.88 Å². The predicted octanol–water partition coefficient (Wildman–Crippen LogP) is 2.96. The maximum atomic E-state index is 10.1. The number of nitrogens with zero attached hydrogens (tertiary/aromatic N) is 2. The van der Waals surface area contributed by atoms with Gasteiger partial charge in [-0.2, -0.15) is 4.98 Å². The average Bonchev–Trinajstić information content (AvgIpc) is 3.10. The molecule has 1 aromatic heterocycles. The van der Waals surface area contributed by atoms with Crippen LogP contribution in [0.2, 0.25) is 0 Å². The van der Waals surface area contributed by atoms with Crippen molar-refractivity contribution >= 4 is 26.5 Å². The van der Waals surface area contributed by atoms with Gasteiger partial charge in [-0.3, -0.25) is 0 Å². The van der Waals surface area contributed by atoms with Gasteiger partial charge in [0.2, 0.25) is 5.88 Å². The molecule has 0 unspecified atom stereocenters. The van der Waals surface area contributed by atoms with Gasteiger partial charge in [0.05, 0.1) is 15.5 Å². The summed E-state index contributed by atoms with van der Waals surface area (Å²) < 4.78 is 0.906.